The Bertz CT molecular complexity index is 156. The molecule has 0 spiro atoms. The molecule has 8 heavy (non-hydrogen) atoms. The van der Waals surface area contributed by atoms with Crippen molar-refractivity contribution < 1.29 is 9.90 Å². The molecule has 0 saturated carbocycles. The lowest BCUT2D eigenvalue weighted by molar-refractivity contribution is -0.120. The number of rotatable bonds is 0. The molecule has 1 atom stereocenters. The molecule has 0 fully saturated rings. The molecule has 0 bridgehead atoms. The first-order valence-corrected chi connectivity index (χ1v) is 2.37. The zero-order valence-electron chi connectivity index (χ0n) is 4.24. The zero-order valence-corrected chi connectivity index (χ0v) is 4.24. The van der Waals surface area contributed by atoms with E-state index in [-0.39, 0.29) is 5.78 Å². The summed E-state index contributed by atoms with van der Waals surface area (Å²) in [5.74, 6) is -0.243. The van der Waals surface area contributed by atoms with Gasteiger partial charge in [-0.1, -0.05) is 12.2 Å². The van der Waals surface area contributed by atoms with Crippen LogP contribution in [-0.4, -0.2) is 17.0 Å². The first-order chi connectivity index (χ1) is 3.80. The number of ketones is 1. The van der Waals surface area contributed by atoms with Gasteiger partial charge in [0.2, 0.25) is 0 Å². The summed E-state index contributed by atoms with van der Waals surface area (Å²) in [6.07, 6.45) is 5.15. The third-order valence-corrected chi connectivity index (χ3v) is 0.957. The van der Waals surface area contributed by atoms with Crippen LogP contribution in [0, 0.1) is 0 Å². The standard InChI is InChI=1S/C6H6O2/c7-5-3-1-2-4-6(5)8/h1-5,7H. The highest BCUT2D eigenvalue weighted by molar-refractivity contribution is 5.96. The highest BCUT2D eigenvalue weighted by Crippen LogP contribution is 1.96. The Balaban J connectivity index is 2.74. The predicted octanol–water partition coefficient (Wildman–Crippen LogP) is 0.0424. The van der Waals surface area contributed by atoms with Gasteiger partial charge in [-0.25, -0.2) is 0 Å². The van der Waals surface area contributed by atoms with Crippen LogP contribution in [0.25, 0.3) is 0 Å². The Morgan fingerprint density at radius 2 is 2.25 bits per heavy atom. The SMILES string of the molecule is O=C1C=CC=CC1O. The van der Waals surface area contributed by atoms with Crippen LogP contribution < -0.4 is 0 Å². The van der Waals surface area contributed by atoms with E-state index in [4.69, 9.17) is 5.11 Å². The van der Waals surface area contributed by atoms with Crippen molar-refractivity contribution >= 4 is 5.78 Å². The van der Waals surface area contributed by atoms with E-state index in [1.165, 1.54) is 12.2 Å². The molecule has 0 amide bonds. The van der Waals surface area contributed by atoms with E-state index < -0.39 is 6.10 Å². The Hall–Kier alpha value is -0.890. The summed E-state index contributed by atoms with van der Waals surface area (Å²) in [6, 6.07) is 0. The van der Waals surface area contributed by atoms with Crippen molar-refractivity contribution in [2.75, 3.05) is 0 Å². The molecule has 0 aliphatic heterocycles. The number of allylic oxidation sites excluding steroid dienone is 2. The highest BCUT2D eigenvalue weighted by atomic mass is 16.3. The molecular formula is C6H6O2. The quantitative estimate of drug-likeness (QED) is 0.478. The van der Waals surface area contributed by atoms with Gasteiger partial charge in [0.05, 0.1) is 0 Å². The Labute approximate surface area is 47.1 Å². The second-order valence-corrected chi connectivity index (χ2v) is 1.59. The smallest absolute Gasteiger partial charge is 0.188 e. The van der Waals surface area contributed by atoms with Gasteiger partial charge in [0, 0.05) is 0 Å². The fraction of sp³-hybridized carbons (Fsp3) is 0.167. The summed E-state index contributed by atoms with van der Waals surface area (Å²) >= 11 is 0. The summed E-state index contributed by atoms with van der Waals surface area (Å²) in [4.78, 5) is 10.4. The molecule has 0 aromatic carbocycles. The second-order valence-electron chi connectivity index (χ2n) is 1.59. The van der Waals surface area contributed by atoms with Crippen LogP contribution in [0.3, 0.4) is 0 Å². The number of hydrogen-bond acceptors (Lipinski definition) is 2. The molecule has 0 saturated heterocycles. The van der Waals surface area contributed by atoms with E-state index in [9.17, 15) is 4.79 Å². The normalized spacial score (nSPS) is 26.6. The molecule has 0 aromatic rings. The van der Waals surface area contributed by atoms with Crippen LogP contribution in [0.4, 0.5) is 0 Å². The molecule has 2 nitrogen and oxygen atoms in total. The number of aliphatic hydroxyl groups is 1. The fourth-order valence-corrected chi connectivity index (χ4v) is 0.513. The molecule has 42 valence electrons. The van der Waals surface area contributed by atoms with Crippen molar-refractivity contribution in [3.63, 3.8) is 0 Å². The maximum absolute atomic E-state index is 10.4. The number of carbonyl (C=O) groups excluding carboxylic acids is 1. The van der Waals surface area contributed by atoms with Crippen LogP contribution in [0.2, 0.25) is 0 Å². The van der Waals surface area contributed by atoms with E-state index in [1.807, 2.05) is 0 Å². The van der Waals surface area contributed by atoms with Gasteiger partial charge in [-0.15, -0.1) is 0 Å². The maximum atomic E-state index is 10.4. The summed E-state index contributed by atoms with van der Waals surface area (Å²) in [5.41, 5.74) is 0. The average molecular weight is 110 g/mol. The first kappa shape index (κ1) is 5.25. The van der Waals surface area contributed by atoms with Crippen LogP contribution in [-0.2, 0) is 4.79 Å². The Kier molecular flexibility index (Phi) is 1.26. The van der Waals surface area contributed by atoms with Crippen molar-refractivity contribution in [3.05, 3.63) is 24.3 Å². The van der Waals surface area contributed by atoms with Gasteiger partial charge in [-0.3, -0.25) is 4.79 Å². The number of aliphatic hydroxyl groups excluding tert-OH is 1. The van der Waals surface area contributed by atoms with E-state index >= 15 is 0 Å². The van der Waals surface area contributed by atoms with Gasteiger partial charge in [0.25, 0.3) is 0 Å². The summed E-state index contributed by atoms with van der Waals surface area (Å²) in [6.45, 7) is 0. The molecule has 0 heterocycles. The van der Waals surface area contributed by atoms with Crippen LogP contribution in [0.15, 0.2) is 24.3 Å². The van der Waals surface area contributed by atoms with Gasteiger partial charge in [-0.2, -0.15) is 0 Å². The van der Waals surface area contributed by atoms with Gasteiger partial charge in [0.15, 0.2) is 5.78 Å². The van der Waals surface area contributed by atoms with Gasteiger partial charge in [-0.05, 0) is 12.2 Å². The third kappa shape index (κ3) is 0.845. The molecule has 1 rings (SSSR count). The van der Waals surface area contributed by atoms with E-state index in [1.54, 1.807) is 12.2 Å². The van der Waals surface area contributed by atoms with Crippen LogP contribution in [0.1, 0.15) is 0 Å². The molecular weight excluding hydrogens is 104 g/mol. The largest absolute Gasteiger partial charge is 0.381 e. The maximum Gasteiger partial charge on any atom is 0.188 e. The minimum absolute atomic E-state index is 0.243. The van der Waals surface area contributed by atoms with E-state index in [0.29, 0.717) is 0 Å². The Morgan fingerprint density at radius 3 is 2.62 bits per heavy atom. The zero-order chi connectivity index (χ0) is 5.98. The minimum Gasteiger partial charge on any atom is -0.381 e. The molecule has 0 radical (unpaired) electrons. The number of carbonyl (C=O) groups is 1. The van der Waals surface area contributed by atoms with Crippen LogP contribution >= 0.6 is 0 Å². The average Bonchev–Trinajstić information content (AvgIpc) is 1.77. The van der Waals surface area contributed by atoms with Crippen molar-refractivity contribution in [2.45, 2.75) is 6.10 Å². The summed E-state index contributed by atoms with van der Waals surface area (Å²) in [5, 5.41) is 8.69. The monoisotopic (exact) mass is 110 g/mol. The molecule has 1 aliphatic rings. The van der Waals surface area contributed by atoms with Crippen molar-refractivity contribution in [1.82, 2.24) is 0 Å². The molecule has 1 aliphatic carbocycles. The van der Waals surface area contributed by atoms with E-state index in [0.717, 1.165) is 0 Å². The van der Waals surface area contributed by atoms with Crippen LogP contribution in [0.5, 0.6) is 0 Å². The second kappa shape index (κ2) is 1.92. The molecule has 1 N–H and O–H groups in total. The van der Waals surface area contributed by atoms with Crippen molar-refractivity contribution in [1.29, 1.82) is 0 Å². The third-order valence-electron chi connectivity index (χ3n) is 0.957. The summed E-state index contributed by atoms with van der Waals surface area (Å²) in [7, 11) is 0. The fourth-order valence-electron chi connectivity index (χ4n) is 0.513. The lowest BCUT2D eigenvalue weighted by Gasteiger charge is -2.00. The highest BCUT2D eigenvalue weighted by Gasteiger charge is 2.08. The van der Waals surface area contributed by atoms with Crippen molar-refractivity contribution in [2.24, 2.45) is 0 Å². The Morgan fingerprint density at radius 1 is 1.50 bits per heavy atom. The lowest BCUT2D eigenvalue weighted by Crippen LogP contribution is -2.16. The first-order valence-electron chi connectivity index (χ1n) is 2.37. The topological polar surface area (TPSA) is 37.3 Å². The van der Waals surface area contributed by atoms with Gasteiger partial charge in [0.1, 0.15) is 6.10 Å². The molecule has 1 unspecified atom stereocenters. The molecule has 2 heteroatoms. The van der Waals surface area contributed by atoms with Gasteiger partial charge < -0.3 is 5.11 Å². The van der Waals surface area contributed by atoms with Gasteiger partial charge >= 0.3 is 0 Å². The molecule has 0 aromatic heterocycles. The lowest BCUT2D eigenvalue weighted by atomic mass is 10.1. The van der Waals surface area contributed by atoms with Crippen molar-refractivity contribution in [3.8, 4) is 0 Å². The minimum atomic E-state index is -0.903. The van der Waals surface area contributed by atoms with E-state index in [2.05, 4.69) is 0 Å². The predicted molar refractivity (Wildman–Crippen MR) is 29.3 cm³/mol. The summed E-state index contributed by atoms with van der Waals surface area (Å²) < 4.78 is 0. The number of hydrogen-bond donors (Lipinski definition) is 1.